The molecule has 1 amide bonds. The molecule has 0 aliphatic rings. The number of hydrogen-bond acceptors (Lipinski definition) is 3. The first-order valence-corrected chi connectivity index (χ1v) is 4.13. The summed E-state index contributed by atoms with van der Waals surface area (Å²) in [6.07, 6.45) is -0.267. The number of carbonyl (C=O) groups excluding carboxylic acids is 2. The molecule has 4 nitrogen and oxygen atoms in total. The summed E-state index contributed by atoms with van der Waals surface area (Å²) < 4.78 is 4.77. The van der Waals surface area contributed by atoms with E-state index in [1.165, 1.54) is 0 Å². The van der Waals surface area contributed by atoms with Gasteiger partial charge in [-0.1, -0.05) is 0 Å². The Morgan fingerprint density at radius 3 is 2.50 bits per heavy atom. The van der Waals surface area contributed by atoms with E-state index in [4.69, 9.17) is 22.1 Å². The Labute approximate surface area is 76.0 Å². The Balaban J connectivity index is 3.53. The lowest BCUT2D eigenvalue weighted by atomic mass is 10.3. The van der Waals surface area contributed by atoms with E-state index in [1.54, 1.807) is 6.92 Å². The van der Waals surface area contributed by atoms with Crippen molar-refractivity contribution in [1.82, 2.24) is 0 Å². The third-order valence-electron chi connectivity index (χ3n) is 1.13. The van der Waals surface area contributed by atoms with Gasteiger partial charge >= 0.3 is 5.97 Å². The minimum absolute atomic E-state index is 0.0217. The van der Waals surface area contributed by atoms with Crippen LogP contribution in [0.3, 0.4) is 0 Å². The summed E-state index contributed by atoms with van der Waals surface area (Å²) in [5.41, 5.74) is 4.83. The first-order valence-electron chi connectivity index (χ1n) is 3.60. The van der Waals surface area contributed by atoms with Crippen molar-refractivity contribution in [3.63, 3.8) is 0 Å². The number of rotatable bonds is 5. The van der Waals surface area contributed by atoms with Gasteiger partial charge in [0, 0.05) is 6.42 Å². The topological polar surface area (TPSA) is 69.4 Å². The number of carbonyl (C=O) groups is 2. The molecular formula is C7H12ClNO3. The second-order valence-corrected chi connectivity index (χ2v) is 2.73. The Hall–Kier alpha value is -0.770. The average molecular weight is 194 g/mol. The van der Waals surface area contributed by atoms with E-state index in [1.807, 2.05) is 0 Å². The number of ether oxygens (including phenoxy) is 1. The molecule has 0 aromatic rings. The van der Waals surface area contributed by atoms with Crippen LogP contribution in [0.1, 0.15) is 19.8 Å². The molecule has 0 fully saturated rings. The molecule has 5 heteroatoms. The molecule has 0 saturated heterocycles. The SMILES string of the molecule is CC(CCl)OC(=O)CCC(N)=O. The molecule has 1 atom stereocenters. The van der Waals surface area contributed by atoms with Gasteiger partial charge in [-0.2, -0.15) is 0 Å². The molecule has 0 saturated carbocycles. The largest absolute Gasteiger partial charge is 0.461 e. The molecule has 0 rings (SSSR count). The molecule has 0 heterocycles. The molecule has 0 aliphatic carbocycles. The van der Waals surface area contributed by atoms with Crippen molar-refractivity contribution in [2.45, 2.75) is 25.9 Å². The maximum absolute atomic E-state index is 10.8. The highest BCUT2D eigenvalue weighted by Gasteiger charge is 2.08. The predicted octanol–water partition coefficient (Wildman–Crippen LogP) is 0.422. The van der Waals surface area contributed by atoms with Crippen molar-refractivity contribution < 1.29 is 14.3 Å². The van der Waals surface area contributed by atoms with Crippen LogP contribution < -0.4 is 5.73 Å². The summed E-state index contributed by atoms with van der Waals surface area (Å²) >= 11 is 5.39. The third-order valence-corrected chi connectivity index (χ3v) is 1.56. The van der Waals surface area contributed by atoms with Crippen LogP contribution in [0.25, 0.3) is 0 Å². The highest BCUT2D eigenvalue weighted by Crippen LogP contribution is 1.98. The molecule has 1 unspecified atom stereocenters. The van der Waals surface area contributed by atoms with Crippen LogP contribution in [0.5, 0.6) is 0 Å². The molecule has 0 aliphatic heterocycles. The van der Waals surface area contributed by atoms with E-state index in [2.05, 4.69) is 0 Å². The first kappa shape index (κ1) is 11.2. The Morgan fingerprint density at radius 1 is 1.50 bits per heavy atom. The summed E-state index contributed by atoms with van der Waals surface area (Å²) in [5, 5.41) is 0. The lowest BCUT2D eigenvalue weighted by molar-refractivity contribution is -0.148. The van der Waals surface area contributed by atoms with E-state index < -0.39 is 11.9 Å². The predicted molar refractivity (Wildman–Crippen MR) is 44.7 cm³/mol. The highest BCUT2D eigenvalue weighted by atomic mass is 35.5. The Kier molecular flexibility index (Phi) is 5.45. The van der Waals surface area contributed by atoms with Crippen LogP contribution in [0, 0.1) is 0 Å². The van der Waals surface area contributed by atoms with Gasteiger partial charge in [0.1, 0.15) is 6.10 Å². The quantitative estimate of drug-likeness (QED) is 0.508. The number of esters is 1. The molecule has 0 bridgehead atoms. The zero-order valence-corrected chi connectivity index (χ0v) is 7.63. The van der Waals surface area contributed by atoms with Gasteiger partial charge in [0.25, 0.3) is 0 Å². The van der Waals surface area contributed by atoms with Gasteiger partial charge in [-0.3, -0.25) is 9.59 Å². The van der Waals surface area contributed by atoms with Crippen LogP contribution >= 0.6 is 11.6 Å². The summed E-state index contributed by atoms with van der Waals surface area (Å²) in [6, 6.07) is 0. The molecule has 2 N–H and O–H groups in total. The number of amides is 1. The average Bonchev–Trinajstić information content (AvgIpc) is 2.00. The van der Waals surface area contributed by atoms with Gasteiger partial charge in [-0.15, -0.1) is 11.6 Å². The zero-order chi connectivity index (χ0) is 9.56. The van der Waals surface area contributed by atoms with Gasteiger partial charge in [0.15, 0.2) is 0 Å². The number of hydrogen-bond donors (Lipinski definition) is 1. The van der Waals surface area contributed by atoms with E-state index >= 15 is 0 Å². The monoisotopic (exact) mass is 193 g/mol. The molecule has 0 aromatic carbocycles. The van der Waals surface area contributed by atoms with Gasteiger partial charge in [-0.25, -0.2) is 0 Å². The maximum atomic E-state index is 10.8. The van der Waals surface area contributed by atoms with Gasteiger partial charge in [0.2, 0.25) is 5.91 Å². The van der Waals surface area contributed by atoms with Crippen LogP contribution in [0.2, 0.25) is 0 Å². The number of primary amides is 1. The van der Waals surface area contributed by atoms with E-state index in [9.17, 15) is 9.59 Å². The fourth-order valence-corrected chi connectivity index (χ4v) is 0.603. The molecule has 0 radical (unpaired) electrons. The molecule has 70 valence electrons. The lowest BCUT2D eigenvalue weighted by Gasteiger charge is -2.08. The second-order valence-electron chi connectivity index (χ2n) is 2.42. The van der Waals surface area contributed by atoms with Crippen LogP contribution in [0.15, 0.2) is 0 Å². The summed E-state index contributed by atoms with van der Waals surface area (Å²) in [4.78, 5) is 21.1. The lowest BCUT2D eigenvalue weighted by Crippen LogP contribution is -2.18. The number of alkyl halides is 1. The fourth-order valence-electron chi connectivity index (χ4n) is 0.540. The molecule has 12 heavy (non-hydrogen) atoms. The normalized spacial score (nSPS) is 12.2. The molecule has 0 aromatic heterocycles. The van der Waals surface area contributed by atoms with Crippen molar-refractivity contribution in [2.24, 2.45) is 5.73 Å². The zero-order valence-electron chi connectivity index (χ0n) is 6.88. The van der Waals surface area contributed by atoms with E-state index in [0.717, 1.165) is 0 Å². The standard InChI is InChI=1S/C7H12ClNO3/c1-5(4-8)12-7(11)3-2-6(9)10/h5H,2-4H2,1H3,(H2,9,10). The summed E-state index contributed by atoms with van der Waals surface area (Å²) in [5.74, 6) is -0.699. The Morgan fingerprint density at radius 2 is 2.08 bits per heavy atom. The van der Waals surface area contributed by atoms with Gasteiger partial charge in [-0.05, 0) is 6.92 Å². The van der Waals surface area contributed by atoms with Crippen molar-refractivity contribution >= 4 is 23.5 Å². The minimum Gasteiger partial charge on any atom is -0.461 e. The minimum atomic E-state index is -0.509. The smallest absolute Gasteiger partial charge is 0.306 e. The third kappa shape index (κ3) is 5.97. The number of halogens is 1. The fraction of sp³-hybridized carbons (Fsp3) is 0.714. The van der Waals surface area contributed by atoms with Crippen molar-refractivity contribution in [2.75, 3.05) is 5.88 Å². The van der Waals surface area contributed by atoms with Crippen LogP contribution in [-0.2, 0) is 14.3 Å². The van der Waals surface area contributed by atoms with Crippen molar-refractivity contribution in [1.29, 1.82) is 0 Å². The summed E-state index contributed by atoms with van der Waals surface area (Å²) in [7, 11) is 0. The van der Waals surface area contributed by atoms with E-state index in [-0.39, 0.29) is 24.8 Å². The number of nitrogens with two attached hydrogens (primary N) is 1. The summed E-state index contributed by atoms with van der Waals surface area (Å²) in [6.45, 7) is 1.68. The van der Waals surface area contributed by atoms with Crippen molar-refractivity contribution in [3.8, 4) is 0 Å². The van der Waals surface area contributed by atoms with Gasteiger partial charge < -0.3 is 10.5 Å². The maximum Gasteiger partial charge on any atom is 0.306 e. The molecule has 0 spiro atoms. The van der Waals surface area contributed by atoms with Gasteiger partial charge in [0.05, 0.1) is 12.3 Å². The second kappa shape index (κ2) is 5.83. The van der Waals surface area contributed by atoms with Crippen LogP contribution in [-0.4, -0.2) is 23.9 Å². The first-order chi connectivity index (χ1) is 5.56. The van der Waals surface area contributed by atoms with Crippen molar-refractivity contribution in [3.05, 3.63) is 0 Å². The van der Waals surface area contributed by atoms with E-state index in [0.29, 0.717) is 0 Å². The van der Waals surface area contributed by atoms with Crippen LogP contribution in [0.4, 0.5) is 0 Å². The highest BCUT2D eigenvalue weighted by molar-refractivity contribution is 6.18. The Bertz CT molecular complexity index is 172. The molecular weight excluding hydrogens is 182 g/mol.